The Kier molecular flexibility index (Phi) is 7.51. The average Bonchev–Trinajstić information content (AvgIpc) is 3.16. The predicted molar refractivity (Wildman–Crippen MR) is 118 cm³/mol. The number of anilines is 2. The quantitative estimate of drug-likeness (QED) is 0.394. The van der Waals surface area contributed by atoms with Crippen LogP contribution >= 0.6 is 11.3 Å². The van der Waals surface area contributed by atoms with E-state index >= 15 is 0 Å². The van der Waals surface area contributed by atoms with Crippen LogP contribution in [0.4, 0.5) is 10.8 Å². The standard InChI is InChI=1S/C22H23N5O2S/c23-12-16-2-1-3-17(10-16)20(28)13-25-9-8-15-4-6-18(7-5-15)26-21(29)11-19-14-30-22(24)27-19/h1-7,10,14,20,25,28H,8-9,11,13H2,(H2,24,27)(H,26,29)/t20-/m0/s1. The van der Waals surface area contributed by atoms with Crippen molar-refractivity contribution in [3.05, 3.63) is 76.3 Å². The minimum Gasteiger partial charge on any atom is -0.387 e. The summed E-state index contributed by atoms with van der Waals surface area (Å²) < 4.78 is 0. The van der Waals surface area contributed by atoms with Gasteiger partial charge < -0.3 is 21.5 Å². The number of carbonyl (C=O) groups is 1. The van der Waals surface area contributed by atoms with Crippen LogP contribution in [0.1, 0.15) is 28.5 Å². The molecule has 7 nitrogen and oxygen atoms in total. The smallest absolute Gasteiger partial charge is 0.230 e. The molecular formula is C22H23N5O2S. The lowest BCUT2D eigenvalue weighted by Crippen LogP contribution is -2.23. The van der Waals surface area contributed by atoms with Crippen LogP contribution < -0.4 is 16.4 Å². The first-order chi connectivity index (χ1) is 14.5. The summed E-state index contributed by atoms with van der Waals surface area (Å²) in [5, 5.41) is 27.5. The van der Waals surface area contributed by atoms with Crippen LogP contribution in [0.3, 0.4) is 0 Å². The van der Waals surface area contributed by atoms with Crippen molar-refractivity contribution in [2.45, 2.75) is 18.9 Å². The van der Waals surface area contributed by atoms with E-state index < -0.39 is 6.10 Å². The zero-order valence-electron chi connectivity index (χ0n) is 16.3. The monoisotopic (exact) mass is 421 g/mol. The van der Waals surface area contributed by atoms with Crippen molar-refractivity contribution in [3.8, 4) is 6.07 Å². The molecule has 1 aromatic heterocycles. The lowest BCUT2D eigenvalue weighted by Gasteiger charge is -2.12. The molecule has 1 atom stereocenters. The molecule has 0 fully saturated rings. The molecule has 1 amide bonds. The number of carbonyl (C=O) groups excluding carboxylic acids is 1. The molecule has 0 aliphatic carbocycles. The third kappa shape index (κ3) is 6.39. The number of nitriles is 1. The van der Waals surface area contributed by atoms with Gasteiger partial charge in [-0.05, 0) is 48.4 Å². The third-order valence-electron chi connectivity index (χ3n) is 4.48. The lowest BCUT2D eigenvalue weighted by molar-refractivity contribution is -0.115. The SMILES string of the molecule is N#Cc1cccc([C@@H](O)CNCCc2ccc(NC(=O)Cc3csc(N)n3)cc2)c1. The Balaban J connectivity index is 1.40. The molecule has 0 radical (unpaired) electrons. The van der Waals surface area contributed by atoms with E-state index in [1.807, 2.05) is 30.3 Å². The molecule has 154 valence electrons. The Morgan fingerprint density at radius 3 is 2.77 bits per heavy atom. The number of nitrogens with one attached hydrogen (secondary N) is 2. The zero-order valence-corrected chi connectivity index (χ0v) is 17.2. The molecule has 0 saturated carbocycles. The van der Waals surface area contributed by atoms with E-state index in [1.54, 1.807) is 23.6 Å². The number of nitrogens with two attached hydrogens (primary N) is 1. The molecule has 30 heavy (non-hydrogen) atoms. The number of hydrogen-bond acceptors (Lipinski definition) is 7. The molecular weight excluding hydrogens is 398 g/mol. The van der Waals surface area contributed by atoms with Crippen molar-refractivity contribution in [2.24, 2.45) is 0 Å². The normalized spacial score (nSPS) is 11.6. The first-order valence-electron chi connectivity index (χ1n) is 9.51. The van der Waals surface area contributed by atoms with E-state index in [0.29, 0.717) is 29.5 Å². The summed E-state index contributed by atoms with van der Waals surface area (Å²) in [4.78, 5) is 16.2. The van der Waals surface area contributed by atoms with Gasteiger partial charge in [0.1, 0.15) is 0 Å². The van der Waals surface area contributed by atoms with Crippen LogP contribution in [-0.4, -0.2) is 29.1 Å². The Morgan fingerprint density at radius 1 is 1.27 bits per heavy atom. The molecule has 0 spiro atoms. The lowest BCUT2D eigenvalue weighted by atomic mass is 10.1. The molecule has 3 rings (SSSR count). The Morgan fingerprint density at radius 2 is 2.07 bits per heavy atom. The number of aliphatic hydroxyl groups is 1. The van der Waals surface area contributed by atoms with E-state index in [4.69, 9.17) is 11.0 Å². The summed E-state index contributed by atoms with van der Waals surface area (Å²) in [6.07, 6.45) is 0.319. The van der Waals surface area contributed by atoms with E-state index in [0.717, 1.165) is 23.2 Å². The van der Waals surface area contributed by atoms with Gasteiger partial charge in [0, 0.05) is 17.6 Å². The minimum atomic E-state index is -0.663. The van der Waals surface area contributed by atoms with Gasteiger partial charge in [0.15, 0.2) is 5.13 Å². The number of nitrogen functional groups attached to an aromatic ring is 1. The van der Waals surface area contributed by atoms with Crippen molar-refractivity contribution in [1.82, 2.24) is 10.3 Å². The van der Waals surface area contributed by atoms with Crippen LogP contribution in [0.15, 0.2) is 53.9 Å². The van der Waals surface area contributed by atoms with Crippen LogP contribution in [0.2, 0.25) is 0 Å². The van der Waals surface area contributed by atoms with Gasteiger partial charge in [0.2, 0.25) is 5.91 Å². The fourth-order valence-electron chi connectivity index (χ4n) is 2.93. The molecule has 0 aliphatic heterocycles. The summed E-state index contributed by atoms with van der Waals surface area (Å²) in [6.45, 7) is 1.11. The number of thiazole rings is 1. The maximum absolute atomic E-state index is 12.1. The number of benzene rings is 2. The van der Waals surface area contributed by atoms with Crippen LogP contribution in [0, 0.1) is 11.3 Å². The highest BCUT2D eigenvalue weighted by atomic mass is 32.1. The second kappa shape index (κ2) is 10.5. The molecule has 0 bridgehead atoms. The maximum atomic E-state index is 12.1. The van der Waals surface area contributed by atoms with Gasteiger partial charge in [-0.25, -0.2) is 4.98 Å². The highest BCUT2D eigenvalue weighted by Gasteiger charge is 2.09. The van der Waals surface area contributed by atoms with Gasteiger partial charge >= 0.3 is 0 Å². The molecule has 2 aromatic carbocycles. The van der Waals surface area contributed by atoms with Crippen molar-refractivity contribution in [1.29, 1.82) is 5.26 Å². The number of hydrogen-bond donors (Lipinski definition) is 4. The fourth-order valence-corrected chi connectivity index (χ4v) is 3.50. The predicted octanol–water partition coefficient (Wildman–Crippen LogP) is 2.64. The van der Waals surface area contributed by atoms with E-state index in [1.165, 1.54) is 11.3 Å². The second-order valence-corrected chi connectivity index (χ2v) is 7.70. The molecule has 0 unspecified atom stereocenters. The summed E-state index contributed by atoms with van der Waals surface area (Å²) in [5.41, 5.74) is 9.35. The van der Waals surface area contributed by atoms with Gasteiger partial charge in [-0.2, -0.15) is 5.26 Å². The first-order valence-corrected chi connectivity index (χ1v) is 10.4. The minimum absolute atomic E-state index is 0.135. The topological polar surface area (TPSA) is 124 Å². The third-order valence-corrected chi connectivity index (χ3v) is 5.20. The number of nitrogens with zero attached hydrogens (tertiary/aromatic N) is 2. The van der Waals surface area contributed by atoms with Crippen molar-refractivity contribution in [3.63, 3.8) is 0 Å². The number of aliphatic hydroxyl groups excluding tert-OH is 1. The molecule has 8 heteroatoms. The van der Waals surface area contributed by atoms with Crippen molar-refractivity contribution in [2.75, 3.05) is 24.1 Å². The van der Waals surface area contributed by atoms with E-state index in [2.05, 4.69) is 21.7 Å². The van der Waals surface area contributed by atoms with Crippen molar-refractivity contribution < 1.29 is 9.90 Å². The number of aromatic nitrogens is 1. The summed E-state index contributed by atoms with van der Waals surface area (Å²) >= 11 is 1.32. The van der Waals surface area contributed by atoms with Gasteiger partial charge in [0.05, 0.1) is 29.9 Å². The van der Waals surface area contributed by atoms with Crippen LogP contribution in [-0.2, 0) is 17.6 Å². The molecule has 1 heterocycles. The molecule has 5 N–H and O–H groups in total. The summed E-state index contributed by atoms with van der Waals surface area (Å²) in [6, 6.07) is 16.7. The number of rotatable bonds is 9. The summed E-state index contributed by atoms with van der Waals surface area (Å²) in [7, 11) is 0. The molecule has 0 aliphatic rings. The molecule has 0 saturated heterocycles. The zero-order chi connectivity index (χ0) is 21.3. The largest absolute Gasteiger partial charge is 0.387 e. The Labute approximate surface area is 179 Å². The second-order valence-electron chi connectivity index (χ2n) is 6.81. The van der Waals surface area contributed by atoms with Gasteiger partial charge in [-0.15, -0.1) is 11.3 Å². The Hall–Kier alpha value is -3.25. The highest BCUT2D eigenvalue weighted by molar-refractivity contribution is 7.13. The fraction of sp³-hybridized carbons (Fsp3) is 0.227. The van der Waals surface area contributed by atoms with Crippen LogP contribution in [0.25, 0.3) is 0 Å². The summed E-state index contributed by atoms with van der Waals surface area (Å²) in [5.74, 6) is -0.135. The highest BCUT2D eigenvalue weighted by Crippen LogP contribution is 2.15. The van der Waals surface area contributed by atoms with Gasteiger partial charge in [-0.1, -0.05) is 24.3 Å². The maximum Gasteiger partial charge on any atom is 0.230 e. The van der Waals surface area contributed by atoms with E-state index in [-0.39, 0.29) is 12.3 Å². The van der Waals surface area contributed by atoms with E-state index in [9.17, 15) is 9.90 Å². The number of amides is 1. The van der Waals surface area contributed by atoms with Gasteiger partial charge in [0.25, 0.3) is 0 Å². The van der Waals surface area contributed by atoms with Gasteiger partial charge in [-0.3, -0.25) is 4.79 Å². The average molecular weight is 422 g/mol. The molecule has 3 aromatic rings. The Bertz CT molecular complexity index is 1030. The van der Waals surface area contributed by atoms with Crippen LogP contribution in [0.5, 0.6) is 0 Å². The van der Waals surface area contributed by atoms with Crippen molar-refractivity contribution >= 4 is 28.1 Å². The first kappa shape index (κ1) is 21.5.